The van der Waals surface area contributed by atoms with Gasteiger partial charge in [0.1, 0.15) is 12.4 Å². The molecule has 0 radical (unpaired) electrons. The molecule has 5 rings (SSSR count). The van der Waals surface area contributed by atoms with Gasteiger partial charge in [-0.15, -0.1) is 0 Å². The fourth-order valence-corrected chi connectivity index (χ4v) is 4.25. The predicted octanol–water partition coefficient (Wildman–Crippen LogP) is 7.52. The highest BCUT2D eigenvalue weighted by Gasteiger charge is 2.09. The van der Waals surface area contributed by atoms with E-state index >= 15 is 0 Å². The van der Waals surface area contributed by atoms with Crippen LogP contribution in [0, 0.1) is 0 Å². The van der Waals surface area contributed by atoms with E-state index in [9.17, 15) is 0 Å². The van der Waals surface area contributed by atoms with E-state index in [0.29, 0.717) is 6.61 Å². The molecule has 168 valence electrons. The molecule has 2 heteroatoms. The average Bonchev–Trinajstić information content (AvgIpc) is 2.87. The van der Waals surface area contributed by atoms with E-state index in [2.05, 4.69) is 128 Å². The molecule has 5 aromatic carbocycles. The largest absolute Gasteiger partial charge is 0.492 e. The first kappa shape index (κ1) is 21.9. The van der Waals surface area contributed by atoms with Crippen molar-refractivity contribution in [2.45, 2.75) is 0 Å². The van der Waals surface area contributed by atoms with Gasteiger partial charge in [0.2, 0.25) is 0 Å². The van der Waals surface area contributed by atoms with E-state index in [-0.39, 0.29) is 0 Å². The molecule has 0 amide bonds. The molecule has 0 aliphatic heterocycles. The molecular formula is C32H29NO. The number of ether oxygens (including phenoxy) is 1. The molecular weight excluding hydrogens is 414 g/mol. The van der Waals surface area contributed by atoms with E-state index in [1.54, 1.807) is 0 Å². The summed E-state index contributed by atoms with van der Waals surface area (Å²) in [6.07, 6.45) is 2.29. The van der Waals surface area contributed by atoms with E-state index in [4.69, 9.17) is 4.74 Å². The fraction of sp³-hybridized carbons (Fsp3) is 0.125. The lowest BCUT2D eigenvalue weighted by atomic mass is 9.93. The Labute approximate surface area is 201 Å². The van der Waals surface area contributed by atoms with Crippen LogP contribution in [0.15, 0.2) is 109 Å². The highest BCUT2D eigenvalue weighted by atomic mass is 16.5. The van der Waals surface area contributed by atoms with Crippen LogP contribution < -0.4 is 4.74 Å². The standard InChI is InChI=1S/C32H29NO/c1-33(2)18-19-34-31-13-7-12-29(23-31)32(30-17-16-26-9-4-6-11-28(26)22-30)21-24-14-15-25-8-3-5-10-27(25)20-24/h3-17,20-23H,18-19H2,1-2H3/b32-21-. The van der Waals surface area contributed by atoms with Gasteiger partial charge in [0.05, 0.1) is 0 Å². The van der Waals surface area contributed by atoms with E-state index in [0.717, 1.165) is 17.9 Å². The van der Waals surface area contributed by atoms with Crippen molar-refractivity contribution in [2.75, 3.05) is 27.2 Å². The molecule has 0 aliphatic rings. The van der Waals surface area contributed by atoms with Gasteiger partial charge in [-0.3, -0.25) is 0 Å². The average molecular weight is 444 g/mol. The molecule has 0 heterocycles. The Hall–Kier alpha value is -3.88. The lowest BCUT2D eigenvalue weighted by Crippen LogP contribution is -2.19. The number of hydrogen-bond acceptors (Lipinski definition) is 2. The van der Waals surface area contributed by atoms with E-state index < -0.39 is 0 Å². The minimum atomic E-state index is 0.663. The number of fused-ring (bicyclic) bond motifs is 2. The van der Waals surface area contributed by atoms with Gasteiger partial charge in [0.15, 0.2) is 0 Å². The van der Waals surface area contributed by atoms with Gasteiger partial charge in [-0.1, -0.05) is 84.9 Å². The summed E-state index contributed by atoms with van der Waals surface area (Å²) in [6, 6.07) is 38.8. The second kappa shape index (κ2) is 9.94. The van der Waals surface area contributed by atoms with Crippen molar-refractivity contribution in [3.63, 3.8) is 0 Å². The SMILES string of the molecule is CN(C)CCOc1cccc(/C(=C/c2ccc3ccccc3c2)c2ccc3ccccc3c2)c1. The third kappa shape index (κ3) is 5.03. The van der Waals surface area contributed by atoms with Crippen molar-refractivity contribution in [2.24, 2.45) is 0 Å². The van der Waals surface area contributed by atoms with Crippen LogP contribution >= 0.6 is 0 Å². The zero-order valence-corrected chi connectivity index (χ0v) is 19.7. The maximum absolute atomic E-state index is 6.05. The summed E-state index contributed by atoms with van der Waals surface area (Å²) in [7, 11) is 4.12. The van der Waals surface area contributed by atoms with Gasteiger partial charge < -0.3 is 9.64 Å². The zero-order valence-electron chi connectivity index (χ0n) is 19.7. The summed E-state index contributed by atoms with van der Waals surface area (Å²) in [5.74, 6) is 0.893. The lowest BCUT2D eigenvalue weighted by molar-refractivity contribution is 0.261. The minimum Gasteiger partial charge on any atom is -0.492 e. The topological polar surface area (TPSA) is 12.5 Å². The Balaban J connectivity index is 1.59. The van der Waals surface area contributed by atoms with Crippen LogP contribution in [0.5, 0.6) is 5.75 Å². The second-order valence-corrected chi connectivity index (χ2v) is 8.91. The Kier molecular flexibility index (Phi) is 6.42. The summed E-state index contributed by atoms with van der Waals surface area (Å²) in [6.45, 7) is 1.55. The molecule has 0 fully saturated rings. The maximum Gasteiger partial charge on any atom is 0.119 e. The van der Waals surface area contributed by atoms with Crippen molar-refractivity contribution >= 4 is 33.2 Å². The first-order valence-electron chi connectivity index (χ1n) is 11.7. The fourth-order valence-electron chi connectivity index (χ4n) is 4.25. The number of nitrogens with zero attached hydrogens (tertiary/aromatic N) is 1. The zero-order chi connectivity index (χ0) is 23.3. The Bertz CT molecular complexity index is 1460. The van der Waals surface area contributed by atoms with Crippen LogP contribution in [-0.2, 0) is 0 Å². The number of likely N-dealkylation sites (N-methyl/N-ethyl adjacent to an activating group) is 1. The van der Waals surface area contributed by atoms with Crippen LogP contribution in [0.1, 0.15) is 16.7 Å². The molecule has 0 saturated heterocycles. The molecule has 34 heavy (non-hydrogen) atoms. The van der Waals surface area contributed by atoms with Crippen LogP contribution in [0.4, 0.5) is 0 Å². The van der Waals surface area contributed by atoms with Crippen LogP contribution in [0.3, 0.4) is 0 Å². The van der Waals surface area contributed by atoms with Gasteiger partial charge in [-0.05, 0) is 88.2 Å². The Morgan fingerprint density at radius 1 is 0.647 bits per heavy atom. The summed E-state index contributed by atoms with van der Waals surface area (Å²) in [4.78, 5) is 2.13. The maximum atomic E-state index is 6.05. The molecule has 5 aromatic rings. The molecule has 0 unspecified atom stereocenters. The van der Waals surface area contributed by atoms with Gasteiger partial charge in [0.25, 0.3) is 0 Å². The summed E-state index contributed by atoms with van der Waals surface area (Å²) in [5, 5.41) is 4.98. The molecule has 0 aromatic heterocycles. The molecule has 0 saturated carbocycles. The van der Waals surface area contributed by atoms with Gasteiger partial charge in [-0.2, -0.15) is 0 Å². The highest BCUT2D eigenvalue weighted by Crippen LogP contribution is 2.31. The molecule has 0 aliphatic carbocycles. The van der Waals surface area contributed by atoms with Crippen LogP contribution in [0.25, 0.3) is 33.2 Å². The van der Waals surface area contributed by atoms with Gasteiger partial charge in [0, 0.05) is 6.54 Å². The van der Waals surface area contributed by atoms with Crippen LogP contribution in [0.2, 0.25) is 0 Å². The first-order valence-corrected chi connectivity index (χ1v) is 11.7. The third-order valence-electron chi connectivity index (χ3n) is 6.10. The van der Waals surface area contributed by atoms with Crippen molar-refractivity contribution in [3.05, 3.63) is 126 Å². The van der Waals surface area contributed by atoms with E-state index in [1.807, 2.05) is 6.07 Å². The molecule has 0 N–H and O–H groups in total. The monoisotopic (exact) mass is 443 g/mol. The Morgan fingerprint density at radius 2 is 1.29 bits per heavy atom. The number of rotatable bonds is 7. The van der Waals surface area contributed by atoms with Gasteiger partial charge >= 0.3 is 0 Å². The van der Waals surface area contributed by atoms with Crippen molar-refractivity contribution in [1.82, 2.24) is 4.90 Å². The predicted molar refractivity (Wildman–Crippen MR) is 145 cm³/mol. The normalized spacial score (nSPS) is 11.9. The van der Waals surface area contributed by atoms with E-state index in [1.165, 1.54) is 38.2 Å². The Morgan fingerprint density at radius 3 is 2.03 bits per heavy atom. The first-order chi connectivity index (χ1) is 16.7. The summed E-state index contributed by atoms with van der Waals surface area (Å²) < 4.78 is 6.05. The van der Waals surface area contributed by atoms with Crippen molar-refractivity contribution in [3.8, 4) is 5.75 Å². The lowest BCUT2D eigenvalue weighted by Gasteiger charge is -2.14. The summed E-state index contributed by atoms with van der Waals surface area (Å²) >= 11 is 0. The minimum absolute atomic E-state index is 0.663. The molecule has 0 spiro atoms. The molecule has 0 atom stereocenters. The number of benzene rings is 5. The van der Waals surface area contributed by atoms with Crippen LogP contribution in [-0.4, -0.2) is 32.1 Å². The van der Waals surface area contributed by atoms with Gasteiger partial charge in [-0.25, -0.2) is 0 Å². The smallest absolute Gasteiger partial charge is 0.119 e. The summed E-state index contributed by atoms with van der Waals surface area (Å²) in [5.41, 5.74) is 4.70. The molecule has 2 nitrogen and oxygen atoms in total. The molecule has 0 bridgehead atoms. The third-order valence-corrected chi connectivity index (χ3v) is 6.10. The van der Waals surface area contributed by atoms with Crippen molar-refractivity contribution in [1.29, 1.82) is 0 Å². The number of hydrogen-bond donors (Lipinski definition) is 0. The second-order valence-electron chi connectivity index (χ2n) is 8.91. The quantitative estimate of drug-likeness (QED) is 0.241. The van der Waals surface area contributed by atoms with Crippen molar-refractivity contribution < 1.29 is 4.74 Å². The highest BCUT2D eigenvalue weighted by molar-refractivity contribution is 5.97.